The third-order valence-corrected chi connectivity index (χ3v) is 4.49. The first-order valence-electron chi connectivity index (χ1n) is 5.61. The molecule has 0 spiro atoms. The summed E-state index contributed by atoms with van der Waals surface area (Å²) in [5.41, 5.74) is 0.944. The van der Waals surface area contributed by atoms with Gasteiger partial charge in [-0.15, -0.1) is 10.2 Å². The summed E-state index contributed by atoms with van der Waals surface area (Å²) in [7, 11) is 1.92. The van der Waals surface area contributed by atoms with Gasteiger partial charge in [0, 0.05) is 5.56 Å². The van der Waals surface area contributed by atoms with E-state index in [0.717, 1.165) is 22.0 Å². The molecule has 96 valence electrons. The van der Waals surface area contributed by atoms with E-state index in [1.54, 1.807) is 17.4 Å². The first-order chi connectivity index (χ1) is 8.65. The maximum atomic E-state index is 6.00. The number of hydrogen-bond donors (Lipinski definition) is 1. The van der Waals surface area contributed by atoms with Crippen LogP contribution in [-0.4, -0.2) is 17.2 Å². The molecule has 1 unspecified atom stereocenters. The molecule has 1 N–H and O–H groups in total. The van der Waals surface area contributed by atoms with Gasteiger partial charge >= 0.3 is 0 Å². The highest BCUT2D eigenvalue weighted by atomic mass is 35.5. The molecule has 18 heavy (non-hydrogen) atoms. The first kappa shape index (κ1) is 13.7. The molecule has 0 saturated carbocycles. The Morgan fingerprint density at radius 1 is 1.28 bits per heavy atom. The Morgan fingerprint density at radius 2 is 2.06 bits per heavy atom. The van der Waals surface area contributed by atoms with E-state index in [-0.39, 0.29) is 6.04 Å². The third kappa shape index (κ3) is 2.83. The molecule has 0 aliphatic carbocycles. The zero-order valence-corrected chi connectivity index (χ0v) is 12.4. The average Bonchev–Trinajstić information content (AvgIpc) is 2.84. The summed E-state index contributed by atoms with van der Waals surface area (Å²) in [6.07, 6.45) is 0.979. The van der Waals surface area contributed by atoms with Crippen molar-refractivity contribution < 1.29 is 0 Å². The molecule has 0 amide bonds. The van der Waals surface area contributed by atoms with Gasteiger partial charge in [0.15, 0.2) is 0 Å². The van der Waals surface area contributed by atoms with E-state index in [2.05, 4.69) is 22.4 Å². The fourth-order valence-electron chi connectivity index (χ4n) is 1.62. The van der Waals surface area contributed by atoms with Crippen LogP contribution in [-0.2, 0) is 0 Å². The van der Waals surface area contributed by atoms with Gasteiger partial charge in [0.2, 0.25) is 0 Å². The normalized spacial score (nSPS) is 12.7. The minimum absolute atomic E-state index is 0.249. The highest BCUT2D eigenvalue weighted by Crippen LogP contribution is 2.31. The van der Waals surface area contributed by atoms with Crippen molar-refractivity contribution >= 4 is 34.5 Å². The van der Waals surface area contributed by atoms with Crippen LogP contribution in [0.1, 0.15) is 24.4 Å². The van der Waals surface area contributed by atoms with Crippen LogP contribution in [0.3, 0.4) is 0 Å². The summed E-state index contributed by atoms with van der Waals surface area (Å²) in [4.78, 5) is 0. The van der Waals surface area contributed by atoms with E-state index in [4.69, 9.17) is 23.2 Å². The van der Waals surface area contributed by atoms with Crippen LogP contribution >= 0.6 is 34.5 Å². The maximum absolute atomic E-state index is 6.00. The van der Waals surface area contributed by atoms with Crippen molar-refractivity contribution in [2.45, 2.75) is 19.4 Å². The summed E-state index contributed by atoms with van der Waals surface area (Å²) in [6, 6.07) is 5.74. The molecule has 1 aromatic carbocycles. The van der Waals surface area contributed by atoms with E-state index in [1.165, 1.54) is 0 Å². The second-order valence-electron chi connectivity index (χ2n) is 3.82. The fourth-order valence-corrected chi connectivity index (χ4v) is 2.95. The second kappa shape index (κ2) is 5.97. The highest BCUT2D eigenvalue weighted by molar-refractivity contribution is 7.14. The van der Waals surface area contributed by atoms with Crippen molar-refractivity contribution in [3.8, 4) is 10.6 Å². The molecule has 2 rings (SSSR count). The van der Waals surface area contributed by atoms with Crippen molar-refractivity contribution in [3.05, 3.63) is 33.3 Å². The quantitative estimate of drug-likeness (QED) is 0.920. The first-order valence-corrected chi connectivity index (χ1v) is 7.19. The number of rotatable bonds is 4. The summed E-state index contributed by atoms with van der Waals surface area (Å²) < 4.78 is 0. The van der Waals surface area contributed by atoms with Crippen molar-refractivity contribution in [2.24, 2.45) is 0 Å². The van der Waals surface area contributed by atoms with Crippen LogP contribution in [0.5, 0.6) is 0 Å². The molecule has 1 heterocycles. The zero-order chi connectivity index (χ0) is 13.1. The predicted octanol–water partition coefficient (Wildman–Crippen LogP) is 4.18. The monoisotopic (exact) mass is 301 g/mol. The lowest BCUT2D eigenvalue weighted by Gasteiger charge is -2.08. The summed E-state index contributed by atoms with van der Waals surface area (Å²) in [5, 5.41) is 14.6. The topological polar surface area (TPSA) is 37.8 Å². The molecule has 6 heteroatoms. The van der Waals surface area contributed by atoms with Gasteiger partial charge in [0.05, 0.1) is 16.1 Å². The molecule has 0 radical (unpaired) electrons. The number of hydrogen-bond acceptors (Lipinski definition) is 4. The Morgan fingerprint density at radius 3 is 2.67 bits per heavy atom. The number of benzene rings is 1. The lowest BCUT2D eigenvalue weighted by atomic mass is 10.2. The average molecular weight is 302 g/mol. The van der Waals surface area contributed by atoms with Crippen LogP contribution in [0.15, 0.2) is 18.2 Å². The highest BCUT2D eigenvalue weighted by Gasteiger charge is 2.14. The largest absolute Gasteiger partial charge is 0.311 e. The Bertz CT molecular complexity index is 538. The molecule has 1 atom stereocenters. The number of halogens is 2. The van der Waals surface area contributed by atoms with Gasteiger partial charge < -0.3 is 5.32 Å². The fraction of sp³-hybridized carbons (Fsp3) is 0.333. The van der Waals surface area contributed by atoms with Crippen LogP contribution in [0.4, 0.5) is 0 Å². The lowest BCUT2D eigenvalue weighted by Crippen LogP contribution is -2.14. The molecule has 0 bridgehead atoms. The summed E-state index contributed by atoms with van der Waals surface area (Å²) in [5.74, 6) is 0. The SMILES string of the molecule is CCC(NC)c1nnc(-c2ccc(Cl)c(Cl)c2)s1. The molecular formula is C12H13Cl2N3S. The van der Waals surface area contributed by atoms with E-state index >= 15 is 0 Å². The smallest absolute Gasteiger partial charge is 0.147 e. The van der Waals surface area contributed by atoms with E-state index in [0.29, 0.717) is 10.0 Å². The van der Waals surface area contributed by atoms with Gasteiger partial charge in [-0.1, -0.05) is 47.5 Å². The van der Waals surface area contributed by atoms with Crippen molar-refractivity contribution in [1.29, 1.82) is 0 Å². The molecule has 1 aromatic heterocycles. The zero-order valence-electron chi connectivity index (χ0n) is 10.1. The van der Waals surface area contributed by atoms with E-state index in [1.807, 2.05) is 19.2 Å². The van der Waals surface area contributed by atoms with Gasteiger partial charge in [0.1, 0.15) is 10.0 Å². The Labute approximate surface area is 120 Å². The van der Waals surface area contributed by atoms with E-state index < -0.39 is 0 Å². The molecule has 0 aliphatic rings. The van der Waals surface area contributed by atoms with E-state index in [9.17, 15) is 0 Å². The summed E-state index contributed by atoms with van der Waals surface area (Å²) in [6.45, 7) is 2.11. The van der Waals surface area contributed by atoms with Crippen molar-refractivity contribution in [2.75, 3.05) is 7.05 Å². The van der Waals surface area contributed by atoms with Gasteiger partial charge in [-0.2, -0.15) is 0 Å². The number of aromatic nitrogens is 2. The number of nitrogens with one attached hydrogen (secondary N) is 1. The Hall–Kier alpha value is -0.680. The second-order valence-corrected chi connectivity index (χ2v) is 5.65. The minimum Gasteiger partial charge on any atom is -0.311 e. The molecule has 0 aliphatic heterocycles. The van der Waals surface area contributed by atoms with Crippen LogP contribution in [0.25, 0.3) is 10.6 Å². The van der Waals surface area contributed by atoms with Crippen LogP contribution < -0.4 is 5.32 Å². The number of nitrogens with zero attached hydrogens (tertiary/aromatic N) is 2. The van der Waals surface area contributed by atoms with Gasteiger partial charge in [-0.05, 0) is 25.6 Å². The lowest BCUT2D eigenvalue weighted by molar-refractivity contribution is 0.568. The Kier molecular flexibility index (Phi) is 4.56. The minimum atomic E-state index is 0.249. The third-order valence-electron chi connectivity index (χ3n) is 2.66. The van der Waals surface area contributed by atoms with Gasteiger partial charge in [-0.25, -0.2) is 0 Å². The molecular weight excluding hydrogens is 289 g/mol. The molecule has 3 nitrogen and oxygen atoms in total. The predicted molar refractivity (Wildman–Crippen MR) is 77.5 cm³/mol. The Balaban J connectivity index is 2.31. The molecule has 0 fully saturated rings. The molecule has 0 saturated heterocycles. The molecule has 2 aromatic rings. The summed E-state index contributed by atoms with van der Waals surface area (Å²) >= 11 is 13.5. The van der Waals surface area contributed by atoms with Gasteiger partial charge in [0.25, 0.3) is 0 Å². The van der Waals surface area contributed by atoms with Crippen molar-refractivity contribution in [3.63, 3.8) is 0 Å². The standard InChI is InChI=1S/C12H13Cl2N3S/c1-3-10(15-2)12-17-16-11(18-12)7-4-5-8(13)9(14)6-7/h4-6,10,15H,3H2,1-2H3. The van der Waals surface area contributed by atoms with Gasteiger partial charge in [-0.3, -0.25) is 0 Å². The van der Waals surface area contributed by atoms with Crippen molar-refractivity contribution in [1.82, 2.24) is 15.5 Å². The van der Waals surface area contributed by atoms with Crippen LogP contribution in [0, 0.1) is 0 Å². The van der Waals surface area contributed by atoms with Crippen LogP contribution in [0.2, 0.25) is 10.0 Å². The maximum Gasteiger partial charge on any atom is 0.147 e.